The van der Waals surface area contributed by atoms with Crippen LogP contribution in [0.15, 0.2) is 28.5 Å². The molecule has 0 atom stereocenters. The van der Waals surface area contributed by atoms with Crippen LogP contribution in [0.4, 0.5) is 5.13 Å². The van der Waals surface area contributed by atoms with Crippen LogP contribution in [0.25, 0.3) is 0 Å². The van der Waals surface area contributed by atoms with Crippen molar-refractivity contribution in [1.82, 2.24) is 9.88 Å². The first kappa shape index (κ1) is 18.0. The normalized spacial score (nSPS) is 16.4. The molecule has 1 aromatic carbocycles. The van der Waals surface area contributed by atoms with Crippen LogP contribution in [-0.2, 0) is 26.0 Å². The van der Waals surface area contributed by atoms with Gasteiger partial charge in [-0.1, -0.05) is 0 Å². The van der Waals surface area contributed by atoms with E-state index in [9.17, 15) is 13.2 Å². The predicted molar refractivity (Wildman–Crippen MR) is 96.6 cm³/mol. The van der Waals surface area contributed by atoms with Gasteiger partial charge >= 0.3 is 0 Å². The Bertz CT molecular complexity index is 953. The van der Waals surface area contributed by atoms with Gasteiger partial charge in [0, 0.05) is 24.5 Å². The summed E-state index contributed by atoms with van der Waals surface area (Å²) in [5.74, 6) is 0.842. The Morgan fingerprint density at radius 2 is 2.00 bits per heavy atom. The van der Waals surface area contributed by atoms with Crippen LogP contribution in [0.1, 0.15) is 5.69 Å². The number of sulfonamides is 1. The minimum absolute atomic E-state index is 0.0474. The summed E-state index contributed by atoms with van der Waals surface area (Å²) in [6.45, 7) is 2.26. The molecule has 4 rings (SSSR count). The molecule has 144 valence electrons. The number of carbonyl (C=O) groups excluding carboxylic acids is 1. The second kappa shape index (κ2) is 7.33. The fourth-order valence-electron chi connectivity index (χ4n) is 2.73. The van der Waals surface area contributed by atoms with Gasteiger partial charge in [-0.3, -0.25) is 9.52 Å². The van der Waals surface area contributed by atoms with Crippen LogP contribution in [0.2, 0.25) is 0 Å². The Balaban J connectivity index is 1.43. The van der Waals surface area contributed by atoms with Gasteiger partial charge in [-0.15, -0.1) is 11.3 Å². The highest BCUT2D eigenvalue weighted by molar-refractivity contribution is 7.93. The zero-order valence-electron chi connectivity index (χ0n) is 14.2. The van der Waals surface area contributed by atoms with Gasteiger partial charge in [-0.05, 0) is 12.1 Å². The number of carbonyl (C=O) groups is 1. The molecular formula is C16H17N3O6S2. The number of fused-ring (bicyclic) bond motifs is 1. The Kier molecular flexibility index (Phi) is 4.89. The number of morpholine rings is 1. The van der Waals surface area contributed by atoms with Crippen molar-refractivity contribution in [3.8, 4) is 11.5 Å². The van der Waals surface area contributed by atoms with Crippen molar-refractivity contribution in [1.29, 1.82) is 0 Å². The number of thiazole rings is 1. The first-order valence-electron chi connectivity index (χ1n) is 8.24. The second-order valence-corrected chi connectivity index (χ2v) is 8.48. The molecule has 1 aromatic heterocycles. The van der Waals surface area contributed by atoms with Crippen LogP contribution in [-0.4, -0.2) is 57.3 Å². The van der Waals surface area contributed by atoms with E-state index < -0.39 is 10.0 Å². The third kappa shape index (κ3) is 3.99. The maximum atomic E-state index is 12.6. The molecule has 0 bridgehead atoms. The number of rotatable bonds is 5. The molecule has 0 aliphatic carbocycles. The molecule has 0 radical (unpaired) electrons. The van der Waals surface area contributed by atoms with Gasteiger partial charge < -0.3 is 19.1 Å². The molecule has 9 nitrogen and oxygen atoms in total. The number of benzene rings is 1. The molecule has 11 heteroatoms. The van der Waals surface area contributed by atoms with Crippen molar-refractivity contribution in [2.45, 2.75) is 11.3 Å². The van der Waals surface area contributed by atoms with Crippen molar-refractivity contribution in [2.75, 3.05) is 37.8 Å². The standard InChI is InChI=1S/C16H17N3O6S2/c20-15(19-3-5-23-6-4-19)7-11-9-26-16(17-11)18-27(21,22)12-1-2-13-14(8-12)25-10-24-13/h1-2,8-9H,3-7,10H2,(H,17,18). The van der Waals surface area contributed by atoms with Crippen LogP contribution in [0.5, 0.6) is 11.5 Å². The first-order valence-corrected chi connectivity index (χ1v) is 10.6. The summed E-state index contributed by atoms with van der Waals surface area (Å²) in [4.78, 5) is 18.3. The highest BCUT2D eigenvalue weighted by Crippen LogP contribution is 2.34. The summed E-state index contributed by atoms with van der Waals surface area (Å²) in [5, 5.41) is 1.88. The maximum absolute atomic E-state index is 12.6. The van der Waals surface area contributed by atoms with Crippen LogP contribution in [0, 0.1) is 0 Å². The van der Waals surface area contributed by atoms with E-state index >= 15 is 0 Å². The molecule has 1 amide bonds. The molecule has 2 aromatic rings. The van der Waals surface area contributed by atoms with Gasteiger partial charge in [-0.2, -0.15) is 0 Å². The average molecular weight is 411 g/mol. The SMILES string of the molecule is O=C(Cc1csc(NS(=O)(=O)c2ccc3c(c2)OCO3)n1)N1CCOCC1. The van der Waals surface area contributed by atoms with Gasteiger partial charge in [0.1, 0.15) is 0 Å². The van der Waals surface area contributed by atoms with Gasteiger partial charge in [0.2, 0.25) is 12.7 Å². The van der Waals surface area contributed by atoms with E-state index in [-0.39, 0.29) is 29.1 Å². The molecule has 1 fully saturated rings. The number of anilines is 1. The van der Waals surface area contributed by atoms with Crippen molar-refractivity contribution < 1.29 is 27.4 Å². The lowest BCUT2D eigenvalue weighted by molar-refractivity contribution is -0.134. The third-order valence-corrected chi connectivity index (χ3v) is 6.40. The summed E-state index contributed by atoms with van der Waals surface area (Å²) in [7, 11) is -3.82. The number of aromatic nitrogens is 1. The molecule has 1 saturated heterocycles. The van der Waals surface area contributed by atoms with E-state index in [1.165, 1.54) is 12.1 Å². The Morgan fingerprint density at radius 3 is 2.81 bits per heavy atom. The lowest BCUT2D eigenvalue weighted by Crippen LogP contribution is -2.41. The number of hydrogen-bond acceptors (Lipinski definition) is 8. The number of nitrogens with zero attached hydrogens (tertiary/aromatic N) is 2. The number of nitrogens with one attached hydrogen (secondary N) is 1. The predicted octanol–water partition coefficient (Wildman–Crippen LogP) is 1.07. The maximum Gasteiger partial charge on any atom is 0.263 e. The van der Waals surface area contributed by atoms with Crippen molar-refractivity contribution in [3.63, 3.8) is 0 Å². The van der Waals surface area contributed by atoms with E-state index in [0.29, 0.717) is 43.5 Å². The Hall–Kier alpha value is -2.37. The van der Waals surface area contributed by atoms with Crippen LogP contribution < -0.4 is 14.2 Å². The van der Waals surface area contributed by atoms with Crippen molar-refractivity contribution in [2.24, 2.45) is 0 Å². The fourth-order valence-corrected chi connectivity index (χ4v) is 4.71. The molecule has 0 unspecified atom stereocenters. The summed E-state index contributed by atoms with van der Waals surface area (Å²) in [6, 6.07) is 4.39. The average Bonchev–Trinajstić information content (AvgIpc) is 3.30. The Morgan fingerprint density at radius 1 is 1.22 bits per heavy atom. The lowest BCUT2D eigenvalue weighted by Gasteiger charge is -2.26. The molecule has 3 heterocycles. The van der Waals surface area contributed by atoms with Gasteiger partial charge in [0.15, 0.2) is 16.6 Å². The van der Waals surface area contributed by atoms with Gasteiger partial charge in [0.25, 0.3) is 10.0 Å². The highest BCUT2D eigenvalue weighted by Gasteiger charge is 2.22. The van der Waals surface area contributed by atoms with Gasteiger partial charge in [0.05, 0.1) is 30.2 Å². The summed E-state index contributed by atoms with van der Waals surface area (Å²) in [6.07, 6.45) is 0.127. The van der Waals surface area contributed by atoms with Crippen molar-refractivity contribution in [3.05, 3.63) is 29.3 Å². The first-order chi connectivity index (χ1) is 13.0. The monoisotopic (exact) mass is 411 g/mol. The minimum Gasteiger partial charge on any atom is -0.454 e. The van der Waals surface area contributed by atoms with Crippen molar-refractivity contribution >= 4 is 32.4 Å². The molecule has 2 aliphatic rings. The zero-order chi connectivity index (χ0) is 18.9. The summed E-state index contributed by atoms with van der Waals surface area (Å²) in [5.41, 5.74) is 0.528. The number of hydrogen-bond donors (Lipinski definition) is 1. The molecule has 27 heavy (non-hydrogen) atoms. The second-order valence-electron chi connectivity index (χ2n) is 5.93. The van der Waals surface area contributed by atoms with Crippen LogP contribution in [0.3, 0.4) is 0 Å². The van der Waals surface area contributed by atoms with E-state index in [0.717, 1.165) is 11.3 Å². The van der Waals surface area contributed by atoms with Crippen LogP contribution >= 0.6 is 11.3 Å². The minimum atomic E-state index is -3.82. The van der Waals surface area contributed by atoms with E-state index in [1.807, 2.05) is 0 Å². The zero-order valence-corrected chi connectivity index (χ0v) is 15.8. The highest BCUT2D eigenvalue weighted by atomic mass is 32.2. The smallest absolute Gasteiger partial charge is 0.263 e. The molecular weight excluding hydrogens is 394 g/mol. The third-order valence-electron chi connectivity index (χ3n) is 4.12. The molecule has 0 spiro atoms. The fraction of sp³-hybridized carbons (Fsp3) is 0.375. The number of amides is 1. The molecule has 2 aliphatic heterocycles. The summed E-state index contributed by atoms with van der Waals surface area (Å²) >= 11 is 1.13. The van der Waals surface area contributed by atoms with E-state index in [1.54, 1.807) is 16.3 Å². The molecule has 0 saturated carbocycles. The largest absolute Gasteiger partial charge is 0.454 e. The van der Waals surface area contributed by atoms with Gasteiger partial charge in [-0.25, -0.2) is 13.4 Å². The number of ether oxygens (including phenoxy) is 3. The topological polar surface area (TPSA) is 107 Å². The van der Waals surface area contributed by atoms with E-state index in [4.69, 9.17) is 14.2 Å². The van der Waals surface area contributed by atoms with E-state index in [2.05, 4.69) is 9.71 Å². The quantitative estimate of drug-likeness (QED) is 0.784. The Labute approximate surface area is 159 Å². The lowest BCUT2D eigenvalue weighted by atomic mass is 10.3. The summed E-state index contributed by atoms with van der Waals surface area (Å²) < 4.78 is 43.2. The molecule has 1 N–H and O–H groups in total.